The second-order valence-electron chi connectivity index (χ2n) is 5.67. The highest BCUT2D eigenvalue weighted by molar-refractivity contribution is 7.89. The number of ether oxygens (including phenoxy) is 1. The van der Waals surface area contributed by atoms with Gasteiger partial charge in [-0.25, -0.2) is 17.9 Å². The van der Waals surface area contributed by atoms with Crippen molar-refractivity contribution in [3.8, 4) is 0 Å². The van der Waals surface area contributed by atoms with Crippen LogP contribution in [0.1, 0.15) is 29.3 Å². The molecular formula is C15H22N2O4S. The third-order valence-electron chi connectivity index (χ3n) is 4.03. The second kappa shape index (κ2) is 6.76. The number of methoxy groups -OCH3 is 1. The minimum Gasteiger partial charge on any atom is -0.465 e. The van der Waals surface area contributed by atoms with E-state index >= 15 is 0 Å². The molecule has 1 saturated heterocycles. The lowest BCUT2D eigenvalue weighted by atomic mass is 9.96. The molecule has 1 aliphatic heterocycles. The molecule has 122 valence electrons. The largest absolute Gasteiger partial charge is 0.465 e. The smallest absolute Gasteiger partial charge is 0.337 e. The van der Waals surface area contributed by atoms with Crippen LogP contribution in [0.4, 0.5) is 0 Å². The van der Waals surface area contributed by atoms with Gasteiger partial charge in [0, 0.05) is 12.6 Å². The molecule has 0 saturated carbocycles. The van der Waals surface area contributed by atoms with Gasteiger partial charge in [0.25, 0.3) is 0 Å². The Balaban J connectivity index is 2.30. The van der Waals surface area contributed by atoms with Crippen LogP contribution >= 0.6 is 0 Å². The van der Waals surface area contributed by atoms with Gasteiger partial charge in [-0.3, -0.25) is 0 Å². The maximum Gasteiger partial charge on any atom is 0.337 e. The monoisotopic (exact) mass is 326 g/mol. The van der Waals surface area contributed by atoms with E-state index in [1.54, 1.807) is 19.1 Å². The highest BCUT2D eigenvalue weighted by Gasteiger charge is 2.28. The molecule has 2 atom stereocenters. The number of piperidine rings is 1. The summed E-state index contributed by atoms with van der Waals surface area (Å²) in [6.07, 6.45) is 0.925. The van der Waals surface area contributed by atoms with Crippen LogP contribution in [0.3, 0.4) is 0 Å². The Labute approximate surface area is 131 Å². The molecule has 1 aromatic carbocycles. The molecule has 0 spiro atoms. The summed E-state index contributed by atoms with van der Waals surface area (Å²) in [4.78, 5) is 11.7. The van der Waals surface area contributed by atoms with Crippen molar-refractivity contribution in [1.82, 2.24) is 10.0 Å². The molecule has 6 nitrogen and oxygen atoms in total. The van der Waals surface area contributed by atoms with Crippen LogP contribution in [0.15, 0.2) is 23.1 Å². The molecule has 0 aromatic heterocycles. The van der Waals surface area contributed by atoms with Crippen LogP contribution in [0, 0.1) is 12.8 Å². The Morgan fingerprint density at radius 1 is 1.41 bits per heavy atom. The summed E-state index contributed by atoms with van der Waals surface area (Å²) < 4.78 is 32.7. The Bertz CT molecular complexity index is 658. The number of hydrogen-bond acceptors (Lipinski definition) is 5. The predicted octanol–water partition coefficient (Wildman–Crippen LogP) is 1.06. The van der Waals surface area contributed by atoms with Crippen LogP contribution in [-0.2, 0) is 14.8 Å². The van der Waals surface area contributed by atoms with Gasteiger partial charge >= 0.3 is 5.97 Å². The van der Waals surface area contributed by atoms with Gasteiger partial charge in [-0.15, -0.1) is 0 Å². The van der Waals surface area contributed by atoms with E-state index in [9.17, 15) is 13.2 Å². The normalized spacial score (nSPS) is 22.3. The zero-order valence-electron chi connectivity index (χ0n) is 13.0. The Kier molecular flexibility index (Phi) is 5.20. The molecule has 1 fully saturated rings. The summed E-state index contributed by atoms with van der Waals surface area (Å²) in [7, 11) is -2.42. The molecule has 2 unspecified atom stereocenters. The molecular weight excluding hydrogens is 304 g/mol. The van der Waals surface area contributed by atoms with Crippen LogP contribution in [0.25, 0.3) is 0 Å². The summed E-state index contributed by atoms with van der Waals surface area (Å²) in [5.41, 5.74) is 0.819. The minimum atomic E-state index is -3.69. The van der Waals surface area contributed by atoms with Gasteiger partial charge in [0.05, 0.1) is 17.6 Å². The standard InChI is InChI=1S/C15H22N2O4S/c1-10-6-7-16-9-13(10)17-22(19,20)14-8-12(15(18)21-3)5-4-11(14)2/h4-5,8,10,13,16-17H,6-7,9H2,1-3H3. The third kappa shape index (κ3) is 3.66. The van der Waals surface area contributed by atoms with Crippen molar-refractivity contribution >= 4 is 16.0 Å². The molecule has 1 aromatic rings. The van der Waals surface area contributed by atoms with E-state index in [2.05, 4.69) is 14.8 Å². The van der Waals surface area contributed by atoms with Crippen LogP contribution in [0.2, 0.25) is 0 Å². The van der Waals surface area contributed by atoms with Crippen molar-refractivity contribution in [2.45, 2.75) is 31.2 Å². The van der Waals surface area contributed by atoms with Gasteiger partial charge in [-0.2, -0.15) is 0 Å². The van der Waals surface area contributed by atoms with E-state index in [4.69, 9.17) is 0 Å². The fraction of sp³-hybridized carbons (Fsp3) is 0.533. The van der Waals surface area contributed by atoms with Gasteiger partial charge in [0.15, 0.2) is 0 Å². The highest BCUT2D eigenvalue weighted by Crippen LogP contribution is 2.20. The summed E-state index contributed by atoms with van der Waals surface area (Å²) in [5.74, 6) is -0.288. The molecule has 2 rings (SSSR count). The lowest BCUT2D eigenvalue weighted by Gasteiger charge is -2.30. The fourth-order valence-corrected chi connectivity index (χ4v) is 4.16. The fourth-order valence-electron chi connectivity index (χ4n) is 2.54. The van der Waals surface area contributed by atoms with Gasteiger partial charge in [-0.1, -0.05) is 13.0 Å². The summed E-state index contributed by atoms with van der Waals surface area (Å²) in [5, 5.41) is 3.19. The summed E-state index contributed by atoms with van der Waals surface area (Å²) in [6.45, 7) is 5.25. The highest BCUT2D eigenvalue weighted by atomic mass is 32.2. The SMILES string of the molecule is COC(=O)c1ccc(C)c(S(=O)(=O)NC2CNCCC2C)c1. The number of aryl methyl sites for hydroxylation is 1. The summed E-state index contributed by atoms with van der Waals surface area (Å²) >= 11 is 0. The predicted molar refractivity (Wildman–Crippen MR) is 83.3 cm³/mol. The van der Waals surface area contributed by atoms with E-state index in [0.717, 1.165) is 13.0 Å². The third-order valence-corrected chi connectivity index (χ3v) is 5.66. The average Bonchev–Trinajstić information content (AvgIpc) is 2.49. The quantitative estimate of drug-likeness (QED) is 0.808. The average molecular weight is 326 g/mol. The summed E-state index contributed by atoms with van der Waals surface area (Å²) in [6, 6.07) is 4.39. The van der Waals surface area contributed by atoms with E-state index in [1.165, 1.54) is 13.2 Å². The van der Waals surface area contributed by atoms with E-state index < -0.39 is 16.0 Å². The van der Waals surface area contributed by atoms with Crippen molar-refractivity contribution in [3.63, 3.8) is 0 Å². The van der Waals surface area contributed by atoms with Gasteiger partial charge in [0.2, 0.25) is 10.0 Å². The number of sulfonamides is 1. The van der Waals surface area contributed by atoms with E-state index in [0.29, 0.717) is 12.1 Å². The number of carbonyl (C=O) groups excluding carboxylic acids is 1. The Hall–Kier alpha value is -1.44. The van der Waals surface area contributed by atoms with E-state index in [-0.39, 0.29) is 22.4 Å². The Morgan fingerprint density at radius 3 is 2.77 bits per heavy atom. The van der Waals surface area contributed by atoms with Gasteiger partial charge in [0.1, 0.15) is 0 Å². The minimum absolute atomic E-state index is 0.119. The molecule has 0 aliphatic carbocycles. The number of hydrogen-bond donors (Lipinski definition) is 2. The van der Waals surface area contributed by atoms with E-state index in [1.807, 2.05) is 6.92 Å². The Morgan fingerprint density at radius 2 is 2.14 bits per heavy atom. The van der Waals surface area contributed by atoms with Crippen molar-refractivity contribution in [2.24, 2.45) is 5.92 Å². The molecule has 1 aliphatic rings. The molecule has 0 amide bonds. The van der Waals surface area contributed by atoms with Crippen LogP contribution < -0.4 is 10.0 Å². The van der Waals surface area contributed by atoms with Crippen molar-refractivity contribution in [2.75, 3.05) is 20.2 Å². The molecule has 2 N–H and O–H groups in total. The lowest BCUT2D eigenvalue weighted by molar-refractivity contribution is 0.0600. The van der Waals surface area contributed by atoms with Gasteiger partial charge in [-0.05, 0) is 43.5 Å². The zero-order valence-corrected chi connectivity index (χ0v) is 13.9. The molecule has 1 heterocycles. The molecule has 0 radical (unpaired) electrons. The first-order valence-electron chi connectivity index (χ1n) is 7.27. The number of carbonyl (C=O) groups is 1. The first-order valence-corrected chi connectivity index (χ1v) is 8.75. The van der Waals surface area contributed by atoms with Crippen LogP contribution in [-0.4, -0.2) is 40.6 Å². The lowest BCUT2D eigenvalue weighted by Crippen LogP contribution is -2.50. The second-order valence-corrected chi connectivity index (χ2v) is 7.35. The van der Waals surface area contributed by atoms with Crippen molar-refractivity contribution in [1.29, 1.82) is 0 Å². The zero-order chi connectivity index (χ0) is 16.3. The molecule has 0 bridgehead atoms. The molecule has 7 heteroatoms. The number of benzene rings is 1. The first kappa shape index (κ1) is 16.9. The first-order chi connectivity index (χ1) is 10.3. The van der Waals surface area contributed by atoms with Crippen molar-refractivity contribution < 1.29 is 17.9 Å². The van der Waals surface area contributed by atoms with Crippen LogP contribution in [0.5, 0.6) is 0 Å². The van der Waals surface area contributed by atoms with Crippen molar-refractivity contribution in [3.05, 3.63) is 29.3 Å². The van der Waals surface area contributed by atoms with Gasteiger partial charge < -0.3 is 10.1 Å². The number of nitrogens with one attached hydrogen (secondary N) is 2. The topological polar surface area (TPSA) is 84.5 Å². The maximum atomic E-state index is 12.6. The molecule has 22 heavy (non-hydrogen) atoms. The maximum absolute atomic E-state index is 12.6. The number of rotatable bonds is 4. The number of esters is 1.